The summed E-state index contributed by atoms with van der Waals surface area (Å²) in [6, 6.07) is 29.5. The predicted octanol–water partition coefficient (Wildman–Crippen LogP) is 12.4. The van der Waals surface area contributed by atoms with Crippen molar-refractivity contribution < 1.29 is 4.74 Å². The van der Waals surface area contributed by atoms with E-state index in [2.05, 4.69) is 160 Å². The summed E-state index contributed by atoms with van der Waals surface area (Å²) in [6.07, 6.45) is 4.92. The van der Waals surface area contributed by atoms with Crippen molar-refractivity contribution in [3.63, 3.8) is 0 Å². The first kappa shape index (κ1) is 31.2. The molecule has 0 aliphatic heterocycles. The normalized spacial score (nSPS) is 17.7. The van der Waals surface area contributed by atoms with E-state index in [-0.39, 0.29) is 16.7 Å². The van der Waals surface area contributed by atoms with Crippen LogP contribution in [0, 0.1) is 5.92 Å². The molecule has 2 aliphatic carbocycles. The van der Waals surface area contributed by atoms with Crippen LogP contribution in [0.15, 0.2) is 90.0 Å². The lowest BCUT2D eigenvalue weighted by atomic mass is 9.74. The summed E-state index contributed by atoms with van der Waals surface area (Å²) < 4.78 is 6.76. The number of fused-ring (bicyclic) bond motifs is 2. The molecule has 0 bridgehead atoms. The fourth-order valence-electron chi connectivity index (χ4n) is 7.39. The first-order valence-corrected chi connectivity index (χ1v) is 16.8. The van der Waals surface area contributed by atoms with Crippen LogP contribution in [0.4, 0.5) is 0 Å². The van der Waals surface area contributed by atoms with Gasteiger partial charge in [0.1, 0.15) is 5.75 Å². The lowest BCUT2D eigenvalue weighted by Crippen LogP contribution is -2.18. The van der Waals surface area contributed by atoms with E-state index in [9.17, 15) is 0 Å². The van der Waals surface area contributed by atoms with E-state index in [0.29, 0.717) is 18.4 Å². The van der Waals surface area contributed by atoms with E-state index >= 15 is 0 Å². The summed E-state index contributed by atoms with van der Waals surface area (Å²) in [5, 5.41) is 0. The van der Waals surface area contributed by atoms with Crippen LogP contribution in [0.3, 0.4) is 0 Å². The third-order valence-electron chi connectivity index (χ3n) is 9.71. The number of ether oxygens (including phenoxy) is 1. The van der Waals surface area contributed by atoms with Gasteiger partial charge >= 0.3 is 0 Å². The highest BCUT2D eigenvalue weighted by molar-refractivity contribution is 5.89. The summed E-state index contributed by atoms with van der Waals surface area (Å²) in [4.78, 5) is 0. The second-order valence-electron chi connectivity index (χ2n) is 15.8. The minimum absolute atomic E-state index is 0.0726. The molecule has 45 heavy (non-hydrogen) atoms. The molecule has 1 heteroatoms. The molecule has 4 aromatic carbocycles. The molecule has 0 saturated heterocycles. The largest absolute Gasteiger partial charge is 0.492 e. The van der Waals surface area contributed by atoms with Gasteiger partial charge in [0.05, 0.1) is 6.61 Å². The van der Waals surface area contributed by atoms with Gasteiger partial charge in [-0.2, -0.15) is 0 Å². The van der Waals surface area contributed by atoms with Crippen molar-refractivity contribution in [1.82, 2.24) is 0 Å². The van der Waals surface area contributed by atoms with Crippen molar-refractivity contribution in [2.24, 2.45) is 5.92 Å². The Balaban J connectivity index is 1.52. The zero-order chi connectivity index (χ0) is 32.3. The van der Waals surface area contributed by atoms with Crippen molar-refractivity contribution >= 4 is 12.2 Å². The van der Waals surface area contributed by atoms with Gasteiger partial charge in [0.25, 0.3) is 0 Å². The number of rotatable bonds is 6. The Bertz CT molecular complexity index is 1780. The molecule has 2 unspecified atom stereocenters. The monoisotopic (exact) mass is 594 g/mol. The summed E-state index contributed by atoms with van der Waals surface area (Å²) in [5.74, 6) is 2.07. The van der Waals surface area contributed by atoms with Gasteiger partial charge in [0.15, 0.2) is 0 Å². The molecule has 4 aromatic rings. The molecule has 2 atom stereocenters. The Morgan fingerprint density at radius 3 is 1.87 bits per heavy atom. The molecular formula is C44H50O. The summed E-state index contributed by atoms with van der Waals surface area (Å²) in [6.45, 7) is 23.6. The minimum Gasteiger partial charge on any atom is -0.492 e. The maximum atomic E-state index is 6.76. The second-order valence-corrected chi connectivity index (χ2v) is 15.8. The summed E-state index contributed by atoms with van der Waals surface area (Å²) in [5.41, 5.74) is 16.2. The zero-order valence-electron chi connectivity index (χ0n) is 29.0. The van der Waals surface area contributed by atoms with Crippen molar-refractivity contribution in [3.05, 3.63) is 123 Å². The molecule has 6 rings (SSSR count). The number of hydrogen-bond acceptors (Lipinski definition) is 1. The number of hydrogen-bond donors (Lipinski definition) is 0. The molecule has 0 amide bonds. The third kappa shape index (κ3) is 5.71. The molecular weight excluding hydrogens is 544 g/mol. The number of allylic oxidation sites excluding steroid dienone is 2. The van der Waals surface area contributed by atoms with Gasteiger partial charge in [-0.3, -0.25) is 0 Å². The highest BCUT2D eigenvalue weighted by atomic mass is 16.5. The van der Waals surface area contributed by atoms with Gasteiger partial charge in [-0.15, -0.1) is 0 Å². The first-order valence-electron chi connectivity index (χ1n) is 16.8. The summed E-state index contributed by atoms with van der Waals surface area (Å²) in [7, 11) is 0. The molecule has 0 heterocycles. The van der Waals surface area contributed by atoms with Crippen LogP contribution < -0.4 is 4.74 Å². The van der Waals surface area contributed by atoms with Crippen LogP contribution in [0.5, 0.6) is 5.75 Å². The Labute approximate surface area is 272 Å². The lowest BCUT2D eigenvalue weighted by Gasteiger charge is -2.31. The van der Waals surface area contributed by atoms with Crippen LogP contribution in [0.1, 0.15) is 114 Å². The highest BCUT2D eigenvalue weighted by Gasteiger charge is 2.39. The highest BCUT2D eigenvalue weighted by Crippen LogP contribution is 2.57. The molecule has 0 spiro atoms. The van der Waals surface area contributed by atoms with E-state index in [1.807, 2.05) is 0 Å². The first-order chi connectivity index (χ1) is 21.3. The van der Waals surface area contributed by atoms with Crippen molar-refractivity contribution in [1.29, 1.82) is 0 Å². The van der Waals surface area contributed by atoms with Crippen LogP contribution in [-0.2, 0) is 10.8 Å². The molecule has 232 valence electrons. The van der Waals surface area contributed by atoms with Gasteiger partial charge in [-0.05, 0) is 75.1 Å². The number of benzene rings is 4. The van der Waals surface area contributed by atoms with Crippen molar-refractivity contribution in [3.8, 4) is 28.0 Å². The molecule has 2 aliphatic rings. The fraction of sp³-hybridized carbons (Fsp3) is 0.364. The lowest BCUT2D eigenvalue weighted by molar-refractivity contribution is 0.266. The topological polar surface area (TPSA) is 9.23 Å². The van der Waals surface area contributed by atoms with Crippen molar-refractivity contribution in [2.75, 3.05) is 6.61 Å². The minimum atomic E-state index is -0.0726. The average Bonchev–Trinajstić information content (AvgIpc) is 3.48. The quantitative estimate of drug-likeness (QED) is 0.216. The Hall–Kier alpha value is -3.84. The molecule has 0 fully saturated rings. The van der Waals surface area contributed by atoms with Gasteiger partial charge in [-0.25, -0.2) is 0 Å². The standard InChI is InChI=1S/C44H50O/c1-27(2)26-45-42-38(44(8,9)10)25-37-36(41(42)31-15-12-11-13-16-31)24-29(4)40(37)39-28(3)23-35-33(17-14-18-34(35)39)30-19-21-32(22-20-30)43(5,6)7/h11-25,27,39-40H,26H2,1-10H3. The van der Waals surface area contributed by atoms with E-state index in [0.717, 1.165) is 5.75 Å². The van der Waals surface area contributed by atoms with Gasteiger partial charge in [0, 0.05) is 23.0 Å². The fourth-order valence-corrected chi connectivity index (χ4v) is 7.39. The van der Waals surface area contributed by atoms with Crippen LogP contribution in [0.25, 0.3) is 34.4 Å². The Kier molecular flexibility index (Phi) is 7.97. The molecule has 0 N–H and O–H groups in total. The van der Waals surface area contributed by atoms with Gasteiger partial charge in [-0.1, -0.05) is 158 Å². The second kappa shape index (κ2) is 11.5. The van der Waals surface area contributed by atoms with E-state index < -0.39 is 0 Å². The smallest absolute Gasteiger partial charge is 0.131 e. The maximum Gasteiger partial charge on any atom is 0.131 e. The van der Waals surface area contributed by atoms with E-state index in [1.54, 1.807) is 0 Å². The third-order valence-corrected chi connectivity index (χ3v) is 9.71. The predicted molar refractivity (Wildman–Crippen MR) is 194 cm³/mol. The molecule has 1 nitrogen and oxygen atoms in total. The average molecular weight is 595 g/mol. The zero-order valence-corrected chi connectivity index (χ0v) is 29.0. The van der Waals surface area contributed by atoms with Gasteiger partial charge in [0.2, 0.25) is 0 Å². The van der Waals surface area contributed by atoms with E-state index in [1.165, 1.54) is 66.8 Å². The van der Waals surface area contributed by atoms with Crippen LogP contribution >= 0.6 is 0 Å². The molecule has 0 saturated carbocycles. The molecule has 0 radical (unpaired) electrons. The van der Waals surface area contributed by atoms with Crippen LogP contribution in [-0.4, -0.2) is 6.61 Å². The van der Waals surface area contributed by atoms with Gasteiger partial charge < -0.3 is 4.74 Å². The van der Waals surface area contributed by atoms with E-state index in [4.69, 9.17) is 4.74 Å². The Morgan fingerprint density at radius 2 is 1.27 bits per heavy atom. The maximum absolute atomic E-state index is 6.76. The van der Waals surface area contributed by atoms with Crippen LogP contribution in [0.2, 0.25) is 0 Å². The van der Waals surface area contributed by atoms with Crippen molar-refractivity contribution in [2.45, 2.75) is 91.9 Å². The Morgan fingerprint density at radius 1 is 0.644 bits per heavy atom. The summed E-state index contributed by atoms with van der Waals surface area (Å²) >= 11 is 0. The molecule has 0 aromatic heterocycles. The SMILES string of the molecule is CC1=Cc2c(-c3ccc(C(C)(C)C)cc3)cccc2C1C1C(C)=Cc2c1cc(C(C)(C)C)c(OCC(C)C)c2-c1ccccc1.